The molecule has 0 amide bonds. The van der Waals surface area contributed by atoms with Crippen molar-refractivity contribution >= 4 is 0 Å². The van der Waals surface area contributed by atoms with Crippen LogP contribution < -0.4 is 5.32 Å². The van der Waals surface area contributed by atoms with Gasteiger partial charge in [-0.1, -0.05) is 31.2 Å². The minimum Gasteiger partial charge on any atom is -0.355 e. The van der Waals surface area contributed by atoms with Crippen LogP contribution in [-0.2, 0) is 15.9 Å². The zero-order chi connectivity index (χ0) is 12.8. The van der Waals surface area contributed by atoms with E-state index in [1.807, 2.05) is 0 Å². The van der Waals surface area contributed by atoms with Crippen molar-refractivity contribution in [1.82, 2.24) is 5.32 Å². The monoisotopic (exact) mass is 249 g/mol. The molecule has 0 aromatic heterocycles. The number of ether oxygens (including phenoxy) is 2. The summed E-state index contributed by atoms with van der Waals surface area (Å²) >= 11 is 0. The van der Waals surface area contributed by atoms with E-state index in [0.717, 1.165) is 26.0 Å². The van der Waals surface area contributed by atoms with Crippen LogP contribution in [0.1, 0.15) is 37.4 Å². The van der Waals surface area contributed by atoms with Crippen LogP contribution in [0.5, 0.6) is 0 Å². The van der Waals surface area contributed by atoms with Gasteiger partial charge in [-0.2, -0.15) is 0 Å². The zero-order valence-electron chi connectivity index (χ0n) is 11.3. The summed E-state index contributed by atoms with van der Waals surface area (Å²) in [6.07, 6.45) is 2.36. The van der Waals surface area contributed by atoms with E-state index in [0.29, 0.717) is 12.8 Å². The van der Waals surface area contributed by atoms with Gasteiger partial charge in [-0.05, 0) is 30.9 Å². The molecule has 2 atom stereocenters. The summed E-state index contributed by atoms with van der Waals surface area (Å²) < 4.78 is 10.7. The van der Waals surface area contributed by atoms with Gasteiger partial charge in [0.2, 0.25) is 0 Å². The minimum absolute atomic E-state index is 0.288. The van der Waals surface area contributed by atoms with E-state index in [-0.39, 0.29) is 6.10 Å². The minimum atomic E-state index is 0.288. The van der Waals surface area contributed by atoms with Gasteiger partial charge in [0.25, 0.3) is 0 Å². The molecule has 1 aliphatic rings. The quantitative estimate of drug-likeness (QED) is 0.870. The van der Waals surface area contributed by atoms with Crippen LogP contribution in [0.4, 0.5) is 0 Å². The number of nitrogens with one attached hydrogen (secondary N) is 1. The van der Waals surface area contributed by atoms with Gasteiger partial charge in [0.05, 0.1) is 12.7 Å². The molecule has 18 heavy (non-hydrogen) atoms. The Hall–Kier alpha value is -0.900. The average Bonchev–Trinajstić information content (AvgIpc) is 2.46. The second-order valence-electron chi connectivity index (χ2n) is 4.83. The second kappa shape index (κ2) is 6.88. The van der Waals surface area contributed by atoms with Crippen LogP contribution in [0.3, 0.4) is 0 Å². The second-order valence-corrected chi connectivity index (χ2v) is 4.83. The number of aryl methyl sites for hydroxylation is 1. The van der Waals surface area contributed by atoms with E-state index in [9.17, 15) is 0 Å². The van der Waals surface area contributed by atoms with Crippen LogP contribution in [0, 0.1) is 0 Å². The Morgan fingerprint density at radius 1 is 1.33 bits per heavy atom. The Bertz CT molecular complexity index is 344. The van der Waals surface area contributed by atoms with Gasteiger partial charge >= 0.3 is 0 Å². The molecule has 1 aliphatic heterocycles. The summed E-state index contributed by atoms with van der Waals surface area (Å²) in [5.41, 5.74) is 2.72. The molecule has 3 heteroatoms. The third-order valence-electron chi connectivity index (χ3n) is 3.51. The molecule has 1 fully saturated rings. The number of hydrogen-bond donors (Lipinski definition) is 1. The molecule has 3 nitrogen and oxygen atoms in total. The molecule has 1 heterocycles. The van der Waals surface area contributed by atoms with Gasteiger partial charge in [-0.25, -0.2) is 0 Å². The Balaban J connectivity index is 1.80. The molecule has 2 unspecified atom stereocenters. The first-order valence-electron chi connectivity index (χ1n) is 6.81. The van der Waals surface area contributed by atoms with Crippen molar-refractivity contribution in [2.75, 3.05) is 19.9 Å². The number of rotatable bonds is 5. The summed E-state index contributed by atoms with van der Waals surface area (Å²) in [6.45, 7) is 6.51. The first kappa shape index (κ1) is 13.5. The number of benzene rings is 1. The van der Waals surface area contributed by atoms with Crippen molar-refractivity contribution in [2.24, 2.45) is 0 Å². The highest BCUT2D eigenvalue weighted by molar-refractivity contribution is 5.24. The third kappa shape index (κ3) is 3.80. The summed E-state index contributed by atoms with van der Waals surface area (Å²) in [4.78, 5) is 0. The summed E-state index contributed by atoms with van der Waals surface area (Å²) in [7, 11) is 0. The summed E-state index contributed by atoms with van der Waals surface area (Å²) in [6, 6.07) is 9.20. The van der Waals surface area contributed by atoms with Crippen molar-refractivity contribution in [3.63, 3.8) is 0 Å². The van der Waals surface area contributed by atoms with Crippen LogP contribution in [0.15, 0.2) is 24.3 Å². The lowest BCUT2D eigenvalue weighted by Gasteiger charge is -2.25. The maximum absolute atomic E-state index is 5.52. The lowest BCUT2D eigenvalue weighted by molar-refractivity contribution is -0.137. The Morgan fingerprint density at radius 3 is 2.72 bits per heavy atom. The number of hydrogen-bond acceptors (Lipinski definition) is 3. The normalized spacial score (nSPS) is 21.8. The maximum atomic E-state index is 5.52. The predicted molar refractivity (Wildman–Crippen MR) is 72.5 cm³/mol. The van der Waals surface area contributed by atoms with Gasteiger partial charge < -0.3 is 14.8 Å². The van der Waals surface area contributed by atoms with Gasteiger partial charge in [-0.3, -0.25) is 0 Å². The van der Waals surface area contributed by atoms with Gasteiger partial charge in [0.1, 0.15) is 6.79 Å². The smallest absolute Gasteiger partial charge is 0.147 e. The van der Waals surface area contributed by atoms with Crippen LogP contribution in [0.2, 0.25) is 0 Å². The van der Waals surface area contributed by atoms with Crippen molar-refractivity contribution in [1.29, 1.82) is 0 Å². The molecule has 1 saturated heterocycles. The highest BCUT2D eigenvalue weighted by Crippen LogP contribution is 2.14. The summed E-state index contributed by atoms with van der Waals surface area (Å²) in [5, 5.41) is 3.53. The first-order chi connectivity index (χ1) is 8.79. The van der Waals surface area contributed by atoms with Gasteiger partial charge in [0.15, 0.2) is 0 Å². The van der Waals surface area contributed by atoms with Crippen LogP contribution in [-0.4, -0.2) is 26.0 Å². The fourth-order valence-corrected chi connectivity index (χ4v) is 2.13. The molecule has 1 N–H and O–H groups in total. The van der Waals surface area contributed by atoms with E-state index in [4.69, 9.17) is 9.47 Å². The van der Waals surface area contributed by atoms with Gasteiger partial charge in [-0.15, -0.1) is 0 Å². The largest absolute Gasteiger partial charge is 0.355 e. The van der Waals surface area contributed by atoms with Crippen molar-refractivity contribution < 1.29 is 9.47 Å². The Kier molecular flexibility index (Phi) is 5.17. The molecule has 2 rings (SSSR count). The topological polar surface area (TPSA) is 30.5 Å². The Labute approximate surface area is 109 Å². The Morgan fingerprint density at radius 2 is 2.11 bits per heavy atom. The molecule has 100 valence electrons. The van der Waals surface area contributed by atoms with E-state index in [1.165, 1.54) is 11.1 Å². The van der Waals surface area contributed by atoms with E-state index in [1.54, 1.807) is 0 Å². The maximum Gasteiger partial charge on any atom is 0.147 e. The lowest BCUT2D eigenvalue weighted by atomic mass is 10.0. The highest BCUT2D eigenvalue weighted by atomic mass is 16.7. The van der Waals surface area contributed by atoms with Crippen molar-refractivity contribution in [3.05, 3.63) is 35.4 Å². The molecule has 0 aliphatic carbocycles. The van der Waals surface area contributed by atoms with E-state index in [2.05, 4.69) is 43.4 Å². The van der Waals surface area contributed by atoms with Crippen molar-refractivity contribution in [2.45, 2.75) is 38.8 Å². The average molecular weight is 249 g/mol. The molecule has 0 bridgehead atoms. The molecular weight excluding hydrogens is 226 g/mol. The van der Waals surface area contributed by atoms with Crippen LogP contribution in [0.25, 0.3) is 0 Å². The molecule has 0 saturated carbocycles. The van der Waals surface area contributed by atoms with E-state index >= 15 is 0 Å². The third-order valence-corrected chi connectivity index (χ3v) is 3.51. The zero-order valence-corrected chi connectivity index (χ0v) is 11.3. The molecule has 1 aromatic carbocycles. The molecule has 0 radical (unpaired) electrons. The fraction of sp³-hybridized carbons (Fsp3) is 0.600. The predicted octanol–water partition coefficient (Wildman–Crippen LogP) is 2.66. The fourth-order valence-electron chi connectivity index (χ4n) is 2.13. The van der Waals surface area contributed by atoms with E-state index < -0.39 is 0 Å². The first-order valence-corrected chi connectivity index (χ1v) is 6.81. The highest BCUT2D eigenvalue weighted by Gasteiger charge is 2.15. The standard InChI is InChI=1S/C15H23NO2/c1-3-13-4-6-14(7-5-13)12(2)16-10-15-8-9-17-11-18-15/h4-7,12,15-16H,3,8-11H2,1-2H3. The van der Waals surface area contributed by atoms with Crippen molar-refractivity contribution in [3.8, 4) is 0 Å². The molecular formula is C15H23NO2. The van der Waals surface area contributed by atoms with Gasteiger partial charge in [0, 0.05) is 12.6 Å². The van der Waals surface area contributed by atoms with Crippen LogP contribution >= 0.6 is 0 Å². The lowest BCUT2D eigenvalue weighted by Crippen LogP contribution is -2.35. The molecule has 1 aromatic rings. The molecule has 0 spiro atoms. The summed E-state index contributed by atoms with van der Waals surface area (Å²) in [5.74, 6) is 0. The SMILES string of the molecule is CCc1ccc(C(C)NCC2CCOCO2)cc1.